The fourth-order valence-electron chi connectivity index (χ4n) is 2.11. The van der Waals surface area contributed by atoms with Crippen molar-refractivity contribution >= 4 is 5.69 Å². The van der Waals surface area contributed by atoms with E-state index in [9.17, 15) is 0 Å². The molecular formula is C12H18N2. The van der Waals surface area contributed by atoms with Crippen molar-refractivity contribution in [2.75, 3.05) is 18.8 Å². The van der Waals surface area contributed by atoms with Crippen LogP contribution >= 0.6 is 0 Å². The average Bonchev–Trinajstić information content (AvgIpc) is 2.64. The van der Waals surface area contributed by atoms with E-state index in [1.807, 2.05) is 12.1 Å². The van der Waals surface area contributed by atoms with Crippen molar-refractivity contribution < 1.29 is 0 Å². The van der Waals surface area contributed by atoms with Gasteiger partial charge in [-0.25, -0.2) is 0 Å². The van der Waals surface area contributed by atoms with Gasteiger partial charge < -0.3 is 5.73 Å². The number of benzene rings is 1. The predicted octanol–water partition coefficient (Wildman–Crippen LogP) is 2.17. The van der Waals surface area contributed by atoms with Crippen molar-refractivity contribution in [3.8, 4) is 0 Å². The first kappa shape index (κ1) is 9.53. The molecule has 0 amide bonds. The summed E-state index contributed by atoms with van der Waals surface area (Å²) in [6, 6.07) is 6.16. The lowest BCUT2D eigenvalue weighted by Crippen LogP contribution is -2.19. The number of hydrogen-bond acceptors (Lipinski definition) is 2. The van der Waals surface area contributed by atoms with E-state index in [1.165, 1.54) is 37.1 Å². The van der Waals surface area contributed by atoms with Gasteiger partial charge in [0.05, 0.1) is 0 Å². The van der Waals surface area contributed by atoms with Gasteiger partial charge in [0.1, 0.15) is 0 Å². The van der Waals surface area contributed by atoms with E-state index in [1.54, 1.807) is 0 Å². The highest BCUT2D eigenvalue weighted by Gasteiger charge is 2.13. The van der Waals surface area contributed by atoms with Crippen molar-refractivity contribution in [2.45, 2.75) is 26.3 Å². The number of nitrogens with zero attached hydrogens (tertiary/aromatic N) is 1. The topological polar surface area (TPSA) is 29.3 Å². The molecule has 1 aromatic carbocycles. The highest BCUT2D eigenvalue weighted by molar-refractivity contribution is 5.50. The second-order valence-electron chi connectivity index (χ2n) is 4.13. The summed E-state index contributed by atoms with van der Waals surface area (Å²) in [5, 5.41) is 0. The Morgan fingerprint density at radius 2 is 2.00 bits per heavy atom. The lowest BCUT2D eigenvalue weighted by molar-refractivity contribution is 0.331. The zero-order valence-electron chi connectivity index (χ0n) is 8.79. The molecule has 14 heavy (non-hydrogen) atoms. The smallest absolute Gasteiger partial charge is 0.0362 e. The zero-order chi connectivity index (χ0) is 9.97. The highest BCUT2D eigenvalue weighted by atomic mass is 15.1. The Bertz CT molecular complexity index is 294. The molecule has 0 saturated carbocycles. The number of anilines is 1. The Labute approximate surface area is 85.7 Å². The first-order valence-corrected chi connectivity index (χ1v) is 5.33. The summed E-state index contributed by atoms with van der Waals surface area (Å²) in [4.78, 5) is 2.48. The Balaban J connectivity index is 2.14. The second-order valence-corrected chi connectivity index (χ2v) is 4.13. The molecule has 1 heterocycles. The summed E-state index contributed by atoms with van der Waals surface area (Å²) in [7, 11) is 0. The number of nitrogen functional groups attached to an aromatic ring is 1. The predicted molar refractivity (Wildman–Crippen MR) is 60.1 cm³/mol. The van der Waals surface area contributed by atoms with E-state index in [-0.39, 0.29) is 0 Å². The Kier molecular flexibility index (Phi) is 2.73. The third kappa shape index (κ3) is 1.90. The van der Waals surface area contributed by atoms with Gasteiger partial charge in [0.25, 0.3) is 0 Å². The van der Waals surface area contributed by atoms with E-state index in [0.29, 0.717) is 0 Å². The van der Waals surface area contributed by atoms with Crippen LogP contribution in [0, 0.1) is 6.92 Å². The fourth-order valence-corrected chi connectivity index (χ4v) is 2.11. The Morgan fingerprint density at radius 3 is 2.64 bits per heavy atom. The lowest BCUT2D eigenvalue weighted by atomic mass is 10.1. The van der Waals surface area contributed by atoms with E-state index in [4.69, 9.17) is 5.73 Å². The van der Waals surface area contributed by atoms with Crippen LogP contribution in [0.5, 0.6) is 0 Å². The molecule has 76 valence electrons. The normalized spacial score (nSPS) is 17.5. The average molecular weight is 190 g/mol. The molecule has 0 aliphatic carbocycles. The Hall–Kier alpha value is -1.02. The van der Waals surface area contributed by atoms with Gasteiger partial charge in [-0.1, -0.05) is 12.1 Å². The number of likely N-dealkylation sites (tertiary alicyclic amines) is 1. The van der Waals surface area contributed by atoms with Gasteiger partial charge in [0.2, 0.25) is 0 Å². The molecule has 0 unspecified atom stereocenters. The molecule has 0 spiro atoms. The van der Waals surface area contributed by atoms with Gasteiger partial charge in [-0.15, -0.1) is 0 Å². The van der Waals surface area contributed by atoms with Gasteiger partial charge >= 0.3 is 0 Å². The minimum absolute atomic E-state index is 0.942. The lowest BCUT2D eigenvalue weighted by Gasteiger charge is -2.17. The van der Waals surface area contributed by atoms with Gasteiger partial charge in [0.15, 0.2) is 0 Å². The van der Waals surface area contributed by atoms with Gasteiger partial charge in [-0.3, -0.25) is 4.90 Å². The number of aryl methyl sites for hydroxylation is 1. The molecule has 1 fully saturated rings. The molecule has 0 radical (unpaired) electrons. The maximum absolute atomic E-state index is 5.97. The number of nitrogens with two attached hydrogens (primary N) is 1. The maximum atomic E-state index is 5.97. The van der Waals surface area contributed by atoms with Crippen LogP contribution in [0.1, 0.15) is 24.0 Å². The molecule has 2 nitrogen and oxygen atoms in total. The summed E-state index contributed by atoms with van der Waals surface area (Å²) in [6.45, 7) is 5.63. The van der Waals surface area contributed by atoms with Crippen LogP contribution in [0.4, 0.5) is 5.69 Å². The molecule has 1 aliphatic rings. The highest BCUT2D eigenvalue weighted by Crippen LogP contribution is 2.20. The third-order valence-corrected chi connectivity index (χ3v) is 3.03. The minimum atomic E-state index is 0.942. The van der Waals surface area contributed by atoms with Crippen LogP contribution in [-0.2, 0) is 6.54 Å². The summed E-state index contributed by atoms with van der Waals surface area (Å²) < 4.78 is 0. The summed E-state index contributed by atoms with van der Waals surface area (Å²) in [5.41, 5.74) is 9.55. The first-order valence-electron chi connectivity index (χ1n) is 5.33. The van der Waals surface area contributed by atoms with E-state index in [0.717, 1.165) is 12.2 Å². The van der Waals surface area contributed by atoms with E-state index in [2.05, 4.69) is 17.9 Å². The van der Waals surface area contributed by atoms with Crippen LogP contribution in [0.3, 0.4) is 0 Å². The van der Waals surface area contributed by atoms with Crippen LogP contribution in [-0.4, -0.2) is 18.0 Å². The van der Waals surface area contributed by atoms with Gasteiger partial charge in [0, 0.05) is 12.2 Å². The van der Waals surface area contributed by atoms with Crippen molar-refractivity contribution in [3.63, 3.8) is 0 Å². The fraction of sp³-hybridized carbons (Fsp3) is 0.500. The summed E-state index contributed by atoms with van der Waals surface area (Å²) in [5.74, 6) is 0. The van der Waals surface area contributed by atoms with Crippen LogP contribution in [0.15, 0.2) is 18.2 Å². The van der Waals surface area contributed by atoms with Gasteiger partial charge in [-0.2, -0.15) is 0 Å². The monoisotopic (exact) mass is 190 g/mol. The molecule has 2 heteroatoms. The largest absolute Gasteiger partial charge is 0.398 e. The van der Waals surface area contributed by atoms with Crippen molar-refractivity contribution in [1.82, 2.24) is 4.90 Å². The second kappa shape index (κ2) is 4.01. The van der Waals surface area contributed by atoms with Gasteiger partial charge in [-0.05, 0) is 50.0 Å². The Morgan fingerprint density at radius 1 is 1.29 bits per heavy atom. The summed E-state index contributed by atoms with van der Waals surface area (Å²) >= 11 is 0. The van der Waals surface area contributed by atoms with Crippen LogP contribution in [0.25, 0.3) is 0 Å². The maximum Gasteiger partial charge on any atom is 0.0362 e. The van der Waals surface area contributed by atoms with Crippen LogP contribution in [0.2, 0.25) is 0 Å². The molecule has 0 aromatic heterocycles. The third-order valence-electron chi connectivity index (χ3n) is 3.03. The number of hydrogen-bond donors (Lipinski definition) is 1. The SMILES string of the molecule is Cc1cccc(N)c1CN1CCCC1. The quantitative estimate of drug-likeness (QED) is 0.724. The zero-order valence-corrected chi connectivity index (χ0v) is 8.79. The first-order chi connectivity index (χ1) is 6.77. The minimum Gasteiger partial charge on any atom is -0.398 e. The molecule has 0 atom stereocenters. The molecule has 1 aromatic rings. The molecule has 1 aliphatic heterocycles. The molecular weight excluding hydrogens is 172 g/mol. The van der Waals surface area contributed by atoms with Crippen molar-refractivity contribution in [2.24, 2.45) is 0 Å². The summed E-state index contributed by atoms with van der Waals surface area (Å²) in [6.07, 6.45) is 2.68. The van der Waals surface area contributed by atoms with Crippen molar-refractivity contribution in [1.29, 1.82) is 0 Å². The standard InChI is InChI=1S/C12H18N2/c1-10-5-4-6-12(13)11(10)9-14-7-2-3-8-14/h4-6H,2-3,7-9,13H2,1H3. The molecule has 1 saturated heterocycles. The molecule has 2 rings (SSSR count). The number of rotatable bonds is 2. The van der Waals surface area contributed by atoms with E-state index >= 15 is 0 Å². The molecule has 0 bridgehead atoms. The van der Waals surface area contributed by atoms with Crippen LogP contribution < -0.4 is 5.73 Å². The molecule has 2 N–H and O–H groups in total. The van der Waals surface area contributed by atoms with Crippen molar-refractivity contribution in [3.05, 3.63) is 29.3 Å². The van der Waals surface area contributed by atoms with E-state index < -0.39 is 0 Å².